The monoisotopic (exact) mass is 230 g/mol. The quantitative estimate of drug-likeness (QED) is 0.811. The van der Waals surface area contributed by atoms with Crippen LogP contribution in [0.5, 0.6) is 0 Å². The van der Waals surface area contributed by atoms with E-state index in [1.165, 1.54) is 12.8 Å². The van der Waals surface area contributed by atoms with E-state index in [1.807, 2.05) is 0 Å². The molecule has 2 N–H and O–H groups in total. The molecular formula is C10H12Cl2N2. The van der Waals surface area contributed by atoms with Gasteiger partial charge in [-0.3, -0.25) is 0 Å². The van der Waals surface area contributed by atoms with E-state index in [9.17, 15) is 0 Å². The number of halogens is 2. The molecule has 0 saturated heterocycles. The molecule has 1 fully saturated rings. The summed E-state index contributed by atoms with van der Waals surface area (Å²) in [5.41, 5.74) is 6.92. The fraction of sp³-hybridized carbons (Fsp3) is 0.500. The van der Waals surface area contributed by atoms with Crippen LogP contribution in [0.1, 0.15) is 30.9 Å². The fourth-order valence-corrected chi connectivity index (χ4v) is 2.04. The number of pyridine rings is 1. The molecule has 0 amide bonds. The van der Waals surface area contributed by atoms with E-state index in [-0.39, 0.29) is 6.04 Å². The highest BCUT2D eigenvalue weighted by molar-refractivity contribution is 6.34. The van der Waals surface area contributed by atoms with Crippen molar-refractivity contribution in [2.75, 3.05) is 0 Å². The molecule has 0 radical (unpaired) electrons. The lowest BCUT2D eigenvalue weighted by atomic mass is 10.0. The third-order valence-corrected chi connectivity index (χ3v) is 3.07. The van der Waals surface area contributed by atoms with Crippen LogP contribution in [-0.4, -0.2) is 4.98 Å². The summed E-state index contributed by atoms with van der Waals surface area (Å²) in [7, 11) is 0. The summed E-state index contributed by atoms with van der Waals surface area (Å²) in [6, 6.07) is 1.64. The molecule has 0 spiro atoms. The number of nitrogens with two attached hydrogens (primary N) is 1. The van der Waals surface area contributed by atoms with Gasteiger partial charge in [0, 0.05) is 22.8 Å². The number of nitrogens with zero attached hydrogens (tertiary/aromatic N) is 1. The van der Waals surface area contributed by atoms with Gasteiger partial charge in [0.2, 0.25) is 0 Å². The van der Waals surface area contributed by atoms with Gasteiger partial charge < -0.3 is 5.73 Å². The average Bonchev–Trinajstić information content (AvgIpc) is 2.87. The molecule has 1 aliphatic carbocycles. The van der Waals surface area contributed by atoms with Gasteiger partial charge in [0.15, 0.2) is 0 Å². The maximum Gasteiger partial charge on any atom is 0.130 e. The largest absolute Gasteiger partial charge is 0.324 e. The molecule has 1 saturated carbocycles. The second-order valence-electron chi connectivity index (χ2n) is 3.81. The molecule has 2 nitrogen and oxygen atoms in total. The Kier molecular flexibility index (Phi) is 2.96. The zero-order chi connectivity index (χ0) is 10.1. The Bertz CT molecular complexity index is 337. The molecule has 76 valence electrons. The van der Waals surface area contributed by atoms with Crippen molar-refractivity contribution in [2.24, 2.45) is 11.7 Å². The summed E-state index contributed by atoms with van der Waals surface area (Å²) in [4.78, 5) is 3.99. The van der Waals surface area contributed by atoms with Gasteiger partial charge in [-0.1, -0.05) is 36.0 Å². The third-order valence-electron chi connectivity index (χ3n) is 2.53. The maximum atomic E-state index is 6.02. The smallest absolute Gasteiger partial charge is 0.130 e. The van der Waals surface area contributed by atoms with E-state index in [0.717, 1.165) is 17.9 Å². The molecule has 1 atom stereocenters. The molecule has 0 aliphatic heterocycles. The summed E-state index contributed by atoms with van der Waals surface area (Å²) in [5, 5.41) is 1.04. The Morgan fingerprint density at radius 2 is 2.21 bits per heavy atom. The van der Waals surface area contributed by atoms with Crippen LogP contribution in [0.25, 0.3) is 0 Å². The lowest BCUT2D eigenvalue weighted by molar-refractivity contribution is 0.595. The Morgan fingerprint density at radius 3 is 2.79 bits per heavy atom. The molecule has 0 bridgehead atoms. The molecule has 1 heterocycles. The van der Waals surface area contributed by atoms with Crippen LogP contribution >= 0.6 is 23.2 Å². The van der Waals surface area contributed by atoms with Gasteiger partial charge >= 0.3 is 0 Å². The van der Waals surface area contributed by atoms with Crippen molar-refractivity contribution < 1.29 is 0 Å². The van der Waals surface area contributed by atoms with E-state index in [4.69, 9.17) is 28.9 Å². The van der Waals surface area contributed by atoms with Gasteiger partial charge in [-0.05, 0) is 18.4 Å². The Hall–Kier alpha value is -0.310. The first kappa shape index (κ1) is 10.2. The Labute approximate surface area is 93.4 Å². The summed E-state index contributed by atoms with van der Waals surface area (Å²) in [6.45, 7) is 0. The molecule has 1 aromatic rings. The van der Waals surface area contributed by atoms with Crippen LogP contribution in [0.15, 0.2) is 12.3 Å². The van der Waals surface area contributed by atoms with Gasteiger partial charge in [0.1, 0.15) is 5.15 Å². The van der Waals surface area contributed by atoms with Crippen molar-refractivity contribution in [3.05, 3.63) is 28.0 Å². The van der Waals surface area contributed by atoms with Crippen molar-refractivity contribution in [2.45, 2.75) is 25.3 Å². The van der Waals surface area contributed by atoms with Gasteiger partial charge in [-0.25, -0.2) is 4.98 Å². The number of aromatic nitrogens is 1. The van der Waals surface area contributed by atoms with E-state index in [1.54, 1.807) is 12.3 Å². The normalized spacial score (nSPS) is 18.2. The highest BCUT2D eigenvalue weighted by Gasteiger charge is 2.25. The molecule has 0 aromatic carbocycles. The standard InChI is InChI=1S/C10H12Cl2N2/c11-8-4-10(12)14-5-7(8)9(13)3-6-1-2-6/h4-6,9H,1-3,13H2. The topological polar surface area (TPSA) is 38.9 Å². The minimum Gasteiger partial charge on any atom is -0.324 e. The molecule has 4 heteroatoms. The molecule has 1 unspecified atom stereocenters. The van der Waals surface area contributed by atoms with Crippen LogP contribution in [0, 0.1) is 5.92 Å². The number of hydrogen-bond donors (Lipinski definition) is 1. The molecule has 1 aromatic heterocycles. The summed E-state index contributed by atoms with van der Waals surface area (Å²) in [6.07, 6.45) is 5.28. The lowest BCUT2D eigenvalue weighted by Gasteiger charge is -2.12. The SMILES string of the molecule is NC(CC1CC1)c1cnc(Cl)cc1Cl. The van der Waals surface area contributed by atoms with E-state index in [2.05, 4.69) is 4.98 Å². The van der Waals surface area contributed by atoms with Crippen molar-refractivity contribution in [3.8, 4) is 0 Å². The van der Waals surface area contributed by atoms with Gasteiger partial charge in [-0.15, -0.1) is 0 Å². The third kappa shape index (κ3) is 2.38. The van der Waals surface area contributed by atoms with Crippen molar-refractivity contribution in [3.63, 3.8) is 0 Å². The molecular weight excluding hydrogens is 219 g/mol. The van der Waals surface area contributed by atoms with E-state index in [0.29, 0.717) is 10.2 Å². The molecule has 1 aliphatic rings. The Morgan fingerprint density at radius 1 is 1.50 bits per heavy atom. The van der Waals surface area contributed by atoms with Crippen LogP contribution in [0.2, 0.25) is 10.2 Å². The maximum absolute atomic E-state index is 6.02. The predicted octanol–water partition coefficient (Wildman–Crippen LogP) is 3.19. The summed E-state index contributed by atoms with van der Waals surface area (Å²) in [5.74, 6) is 0.789. The van der Waals surface area contributed by atoms with E-state index >= 15 is 0 Å². The van der Waals surface area contributed by atoms with Crippen LogP contribution in [0.3, 0.4) is 0 Å². The summed E-state index contributed by atoms with van der Waals surface area (Å²) < 4.78 is 0. The predicted molar refractivity (Wildman–Crippen MR) is 58.5 cm³/mol. The first-order valence-electron chi connectivity index (χ1n) is 4.73. The van der Waals surface area contributed by atoms with E-state index < -0.39 is 0 Å². The fourth-order valence-electron chi connectivity index (χ4n) is 1.53. The van der Waals surface area contributed by atoms with Crippen LogP contribution < -0.4 is 5.73 Å². The minimum atomic E-state index is -0.000216. The number of rotatable bonds is 3. The van der Waals surface area contributed by atoms with Crippen molar-refractivity contribution in [1.82, 2.24) is 4.98 Å². The first-order chi connectivity index (χ1) is 6.66. The van der Waals surface area contributed by atoms with Crippen molar-refractivity contribution in [1.29, 1.82) is 0 Å². The van der Waals surface area contributed by atoms with Crippen LogP contribution in [-0.2, 0) is 0 Å². The van der Waals surface area contributed by atoms with Gasteiger partial charge in [0.25, 0.3) is 0 Å². The second-order valence-corrected chi connectivity index (χ2v) is 4.61. The van der Waals surface area contributed by atoms with Crippen molar-refractivity contribution >= 4 is 23.2 Å². The van der Waals surface area contributed by atoms with Gasteiger partial charge in [-0.2, -0.15) is 0 Å². The first-order valence-corrected chi connectivity index (χ1v) is 5.49. The highest BCUT2D eigenvalue weighted by Crippen LogP contribution is 2.38. The molecule has 2 rings (SSSR count). The van der Waals surface area contributed by atoms with Gasteiger partial charge in [0.05, 0.1) is 0 Å². The average molecular weight is 231 g/mol. The lowest BCUT2D eigenvalue weighted by Crippen LogP contribution is -2.11. The highest BCUT2D eigenvalue weighted by atomic mass is 35.5. The minimum absolute atomic E-state index is 0.000216. The zero-order valence-corrected chi connectivity index (χ0v) is 9.22. The number of hydrogen-bond acceptors (Lipinski definition) is 2. The zero-order valence-electron chi connectivity index (χ0n) is 7.71. The van der Waals surface area contributed by atoms with Crippen LogP contribution in [0.4, 0.5) is 0 Å². The Balaban J connectivity index is 2.13. The summed E-state index contributed by atoms with van der Waals surface area (Å²) >= 11 is 11.7. The molecule has 14 heavy (non-hydrogen) atoms. The second kappa shape index (κ2) is 4.05.